The van der Waals surface area contributed by atoms with Crippen LogP contribution in [0.4, 0.5) is 11.4 Å². The van der Waals surface area contributed by atoms with E-state index in [-0.39, 0.29) is 0 Å². The maximum atomic E-state index is 4.61. The van der Waals surface area contributed by atoms with Crippen LogP contribution in [0.2, 0.25) is 0 Å². The molecule has 0 aliphatic heterocycles. The molecule has 0 radical (unpaired) electrons. The average Bonchev–Trinajstić information content (AvgIpc) is 2.43. The first-order valence-electron chi connectivity index (χ1n) is 6.03. The predicted octanol–water partition coefficient (Wildman–Crippen LogP) is 5.76. The fourth-order valence-electron chi connectivity index (χ4n) is 1.57. The predicted molar refractivity (Wildman–Crippen MR) is 89.3 cm³/mol. The molecule has 2 nitrogen and oxygen atoms in total. The smallest absolute Gasteiger partial charge is 0.106 e. The summed E-state index contributed by atoms with van der Waals surface area (Å²) in [6, 6.07) is 16.0. The Bertz CT molecular complexity index is 560. The number of nitrogens with zero attached hydrogens (tertiary/aromatic N) is 1. The lowest BCUT2D eigenvalue weighted by atomic mass is 10.3. The number of benzene rings is 2. The molecule has 1 N–H and O–H groups in total. The van der Waals surface area contributed by atoms with Crippen molar-refractivity contribution in [1.82, 2.24) is 0 Å². The summed E-state index contributed by atoms with van der Waals surface area (Å²) in [5.74, 6) is 0.949. The van der Waals surface area contributed by atoms with Crippen LogP contribution >= 0.6 is 31.9 Å². The first-order chi connectivity index (χ1) is 9.17. The highest BCUT2D eigenvalue weighted by atomic mass is 79.9. The molecule has 0 spiro atoms. The fourth-order valence-corrected chi connectivity index (χ4v) is 2.10. The summed E-state index contributed by atoms with van der Waals surface area (Å²) in [4.78, 5) is 4.61. The SMILES string of the molecule is CCC(=Nc1ccc(Br)cc1)Nc1ccc(Br)cc1. The second kappa shape index (κ2) is 6.87. The van der Waals surface area contributed by atoms with E-state index >= 15 is 0 Å². The molecule has 2 rings (SSSR count). The maximum Gasteiger partial charge on any atom is 0.106 e. The molecule has 2 aromatic rings. The molecule has 0 atom stereocenters. The zero-order chi connectivity index (χ0) is 13.7. The van der Waals surface area contributed by atoms with Crippen molar-refractivity contribution in [1.29, 1.82) is 0 Å². The van der Waals surface area contributed by atoms with Crippen molar-refractivity contribution in [3.63, 3.8) is 0 Å². The van der Waals surface area contributed by atoms with E-state index in [1.54, 1.807) is 0 Å². The second-order valence-corrected chi connectivity index (χ2v) is 5.85. The van der Waals surface area contributed by atoms with Crippen molar-refractivity contribution >= 4 is 49.1 Å². The van der Waals surface area contributed by atoms with E-state index in [1.807, 2.05) is 48.5 Å². The first-order valence-corrected chi connectivity index (χ1v) is 7.61. The molecule has 0 bridgehead atoms. The largest absolute Gasteiger partial charge is 0.344 e. The van der Waals surface area contributed by atoms with Gasteiger partial charge in [-0.1, -0.05) is 38.8 Å². The summed E-state index contributed by atoms with van der Waals surface area (Å²) in [5, 5.41) is 3.34. The monoisotopic (exact) mass is 380 g/mol. The van der Waals surface area contributed by atoms with Gasteiger partial charge in [0, 0.05) is 21.1 Å². The minimum Gasteiger partial charge on any atom is -0.344 e. The van der Waals surface area contributed by atoms with E-state index in [4.69, 9.17) is 0 Å². The molecular formula is C15H14Br2N2. The van der Waals surface area contributed by atoms with E-state index in [0.29, 0.717) is 0 Å². The normalized spacial score (nSPS) is 11.4. The van der Waals surface area contributed by atoms with Gasteiger partial charge in [-0.15, -0.1) is 0 Å². The van der Waals surface area contributed by atoms with Gasteiger partial charge in [0.2, 0.25) is 0 Å². The molecule has 0 aliphatic rings. The van der Waals surface area contributed by atoms with Crippen molar-refractivity contribution < 1.29 is 0 Å². The van der Waals surface area contributed by atoms with Crippen LogP contribution in [0.5, 0.6) is 0 Å². The lowest BCUT2D eigenvalue weighted by molar-refractivity contribution is 1.25. The van der Waals surface area contributed by atoms with E-state index < -0.39 is 0 Å². The van der Waals surface area contributed by atoms with Gasteiger partial charge in [-0.05, 0) is 48.5 Å². The highest BCUT2D eigenvalue weighted by Crippen LogP contribution is 2.19. The van der Waals surface area contributed by atoms with Crippen LogP contribution in [0.25, 0.3) is 0 Å². The number of hydrogen-bond donors (Lipinski definition) is 1. The summed E-state index contributed by atoms with van der Waals surface area (Å²) >= 11 is 6.85. The quantitative estimate of drug-likeness (QED) is 0.530. The molecule has 4 heteroatoms. The van der Waals surface area contributed by atoms with Crippen LogP contribution in [0.15, 0.2) is 62.5 Å². The van der Waals surface area contributed by atoms with Crippen LogP contribution in [0, 0.1) is 0 Å². The van der Waals surface area contributed by atoms with Gasteiger partial charge >= 0.3 is 0 Å². The van der Waals surface area contributed by atoms with Gasteiger partial charge in [-0.2, -0.15) is 0 Å². The van der Waals surface area contributed by atoms with Gasteiger partial charge in [-0.3, -0.25) is 0 Å². The summed E-state index contributed by atoms with van der Waals surface area (Å²) in [5.41, 5.74) is 1.99. The van der Waals surface area contributed by atoms with Crippen LogP contribution in [-0.4, -0.2) is 5.84 Å². The molecule has 0 saturated heterocycles. The van der Waals surface area contributed by atoms with E-state index in [0.717, 1.165) is 32.6 Å². The Morgan fingerprint density at radius 3 is 2.00 bits per heavy atom. The molecule has 0 aromatic heterocycles. The van der Waals surface area contributed by atoms with Gasteiger partial charge in [0.1, 0.15) is 5.84 Å². The fraction of sp³-hybridized carbons (Fsp3) is 0.133. The Kier molecular flexibility index (Phi) is 5.16. The van der Waals surface area contributed by atoms with Crippen molar-refractivity contribution in [2.45, 2.75) is 13.3 Å². The van der Waals surface area contributed by atoms with E-state index in [2.05, 4.69) is 49.1 Å². The Morgan fingerprint density at radius 2 is 1.47 bits per heavy atom. The summed E-state index contributed by atoms with van der Waals surface area (Å²) in [7, 11) is 0. The van der Waals surface area contributed by atoms with Crippen LogP contribution in [-0.2, 0) is 0 Å². The minimum atomic E-state index is 0.853. The van der Waals surface area contributed by atoms with Crippen LogP contribution in [0.3, 0.4) is 0 Å². The van der Waals surface area contributed by atoms with Gasteiger partial charge in [-0.25, -0.2) is 4.99 Å². The molecule has 0 fully saturated rings. The average molecular weight is 382 g/mol. The van der Waals surface area contributed by atoms with Gasteiger partial charge in [0.15, 0.2) is 0 Å². The highest BCUT2D eigenvalue weighted by Gasteiger charge is 1.99. The number of rotatable bonds is 3. The van der Waals surface area contributed by atoms with Crippen LogP contribution in [0.1, 0.15) is 13.3 Å². The summed E-state index contributed by atoms with van der Waals surface area (Å²) in [6.07, 6.45) is 0.853. The lowest BCUT2D eigenvalue weighted by Crippen LogP contribution is -2.09. The zero-order valence-corrected chi connectivity index (χ0v) is 13.7. The summed E-state index contributed by atoms with van der Waals surface area (Å²) in [6.45, 7) is 2.09. The molecule has 0 unspecified atom stereocenters. The standard InChI is InChI=1S/C15H14Br2N2/c1-2-15(18-13-7-3-11(16)4-8-13)19-14-9-5-12(17)6-10-14/h3-10H,2H2,1H3,(H,18,19). The van der Waals surface area contributed by atoms with Crippen molar-refractivity contribution in [2.75, 3.05) is 5.32 Å². The molecule has 0 saturated carbocycles. The first kappa shape index (κ1) is 14.3. The molecule has 0 heterocycles. The Labute approximate surface area is 130 Å². The lowest BCUT2D eigenvalue weighted by Gasteiger charge is -2.08. The number of aliphatic imine (C=N–C) groups is 1. The molecule has 0 amide bonds. The number of halogens is 2. The van der Waals surface area contributed by atoms with Gasteiger partial charge in [0.05, 0.1) is 5.69 Å². The molecule has 19 heavy (non-hydrogen) atoms. The van der Waals surface area contributed by atoms with Gasteiger partial charge in [0.25, 0.3) is 0 Å². The molecule has 0 aliphatic carbocycles. The van der Waals surface area contributed by atoms with E-state index in [1.165, 1.54) is 0 Å². The van der Waals surface area contributed by atoms with Crippen molar-refractivity contribution in [2.24, 2.45) is 4.99 Å². The summed E-state index contributed by atoms with van der Waals surface area (Å²) < 4.78 is 2.13. The van der Waals surface area contributed by atoms with Gasteiger partial charge < -0.3 is 5.32 Å². The highest BCUT2D eigenvalue weighted by molar-refractivity contribution is 9.10. The van der Waals surface area contributed by atoms with Crippen LogP contribution < -0.4 is 5.32 Å². The van der Waals surface area contributed by atoms with Crippen molar-refractivity contribution in [3.8, 4) is 0 Å². The number of anilines is 1. The topological polar surface area (TPSA) is 24.4 Å². The minimum absolute atomic E-state index is 0.853. The third-order valence-electron chi connectivity index (χ3n) is 2.56. The number of amidine groups is 1. The third kappa shape index (κ3) is 4.48. The Balaban J connectivity index is 2.15. The Morgan fingerprint density at radius 1 is 0.947 bits per heavy atom. The zero-order valence-electron chi connectivity index (χ0n) is 10.5. The van der Waals surface area contributed by atoms with Crippen molar-refractivity contribution in [3.05, 3.63) is 57.5 Å². The maximum absolute atomic E-state index is 4.61. The number of nitrogens with one attached hydrogen (secondary N) is 1. The van der Waals surface area contributed by atoms with E-state index in [9.17, 15) is 0 Å². The molecule has 2 aromatic carbocycles. The molecular weight excluding hydrogens is 368 g/mol. The second-order valence-electron chi connectivity index (χ2n) is 4.02. The Hall–Kier alpha value is -1.13. The third-order valence-corrected chi connectivity index (χ3v) is 3.62. The molecule has 98 valence electrons. The number of hydrogen-bond acceptors (Lipinski definition) is 1.